The van der Waals surface area contributed by atoms with E-state index in [0.717, 1.165) is 12.0 Å². The van der Waals surface area contributed by atoms with Crippen LogP contribution in [-0.4, -0.2) is 16.8 Å². The Morgan fingerprint density at radius 2 is 2.31 bits per heavy atom. The molecule has 1 aliphatic rings. The maximum Gasteiger partial charge on any atom is 0.353 e. The number of carboxylic acids is 1. The van der Waals surface area contributed by atoms with Crippen molar-refractivity contribution in [2.75, 3.05) is 0 Å². The summed E-state index contributed by atoms with van der Waals surface area (Å²) in [4.78, 5) is 15.9. The molecule has 1 aromatic rings. The van der Waals surface area contributed by atoms with Crippen molar-refractivity contribution < 1.29 is 14.7 Å². The maximum atomic E-state index is 10.7. The summed E-state index contributed by atoms with van der Waals surface area (Å²) < 4.78 is 0. The Morgan fingerprint density at radius 1 is 1.56 bits per heavy atom. The molecule has 0 bridgehead atoms. The molecule has 1 aliphatic heterocycles. The van der Waals surface area contributed by atoms with E-state index in [1.807, 2.05) is 24.3 Å². The normalized spacial score (nSPS) is 19.1. The van der Waals surface area contributed by atoms with Gasteiger partial charge in [-0.1, -0.05) is 36.3 Å². The van der Waals surface area contributed by atoms with E-state index in [1.54, 1.807) is 0 Å². The van der Waals surface area contributed by atoms with E-state index in [4.69, 9.17) is 9.94 Å². The fourth-order valence-electron chi connectivity index (χ4n) is 1.84. The number of hydrogen-bond acceptors (Lipinski definition) is 3. The van der Waals surface area contributed by atoms with Gasteiger partial charge in [0.1, 0.15) is 0 Å². The second kappa shape index (κ2) is 4.35. The van der Waals surface area contributed by atoms with Crippen molar-refractivity contribution in [1.29, 1.82) is 0 Å². The zero-order valence-corrected chi connectivity index (χ0v) is 9.01. The molecule has 0 fully saturated rings. The number of hydrogen-bond donors (Lipinski definition) is 1. The fraction of sp³-hybridized carbons (Fsp3) is 0.333. The molecule has 0 aliphatic carbocycles. The van der Waals surface area contributed by atoms with E-state index < -0.39 is 5.97 Å². The smallest absolute Gasteiger partial charge is 0.353 e. The zero-order valence-electron chi connectivity index (χ0n) is 9.01. The molecule has 4 nitrogen and oxygen atoms in total. The summed E-state index contributed by atoms with van der Waals surface area (Å²) >= 11 is 0. The molecule has 4 heteroatoms. The quantitative estimate of drug-likeness (QED) is 0.847. The summed E-state index contributed by atoms with van der Waals surface area (Å²) in [5.74, 6) is -1.00. The first-order valence-electron chi connectivity index (χ1n) is 5.26. The van der Waals surface area contributed by atoms with E-state index in [0.29, 0.717) is 6.42 Å². The minimum absolute atomic E-state index is 0.0934. The Morgan fingerprint density at radius 3 is 2.94 bits per heavy atom. The first-order chi connectivity index (χ1) is 7.72. The molecule has 1 unspecified atom stereocenters. The van der Waals surface area contributed by atoms with Crippen molar-refractivity contribution in [1.82, 2.24) is 0 Å². The third-order valence-electron chi connectivity index (χ3n) is 2.70. The highest BCUT2D eigenvalue weighted by molar-refractivity contribution is 6.35. The first-order valence-corrected chi connectivity index (χ1v) is 5.26. The molecule has 1 atom stereocenters. The van der Waals surface area contributed by atoms with Gasteiger partial charge >= 0.3 is 5.97 Å². The van der Waals surface area contributed by atoms with Crippen LogP contribution < -0.4 is 0 Å². The van der Waals surface area contributed by atoms with Crippen LogP contribution in [0.15, 0.2) is 29.4 Å². The van der Waals surface area contributed by atoms with Crippen molar-refractivity contribution in [2.45, 2.75) is 25.9 Å². The van der Waals surface area contributed by atoms with E-state index >= 15 is 0 Å². The number of carbonyl (C=O) groups is 1. The van der Waals surface area contributed by atoms with Crippen LogP contribution in [0.25, 0.3) is 0 Å². The van der Waals surface area contributed by atoms with Gasteiger partial charge < -0.3 is 9.94 Å². The summed E-state index contributed by atoms with van der Waals surface area (Å²) in [6.45, 7) is 2.06. The van der Waals surface area contributed by atoms with E-state index in [1.165, 1.54) is 5.56 Å². The summed E-state index contributed by atoms with van der Waals surface area (Å²) in [6, 6.07) is 7.88. The van der Waals surface area contributed by atoms with Crippen molar-refractivity contribution >= 4 is 11.7 Å². The van der Waals surface area contributed by atoms with Gasteiger partial charge in [-0.3, -0.25) is 0 Å². The van der Waals surface area contributed by atoms with Crippen LogP contribution in [0, 0.1) is 0 Å². The predicted molar refractivity (Wildman–Crippen MR) is 59.3 cm³/mol. The van der Waals surface area contributed by atoms with Crippen molar-refractivity contribution in [3.8, 4) is 0 Å². The number of aliphatic carboxylic acids is 1. The van der Waals surface area contributed by atoms with Crippen LogP contribution in [0.4, 0.5) is 0 Å². The van der Waals surface area contributed by atoms with Gasteiger partial charge in [-0.15, -0.1) is 0 Å². The van der Waals surface area contributed by atoms with Gasteiger partial charge in [0.2, 0.25) is 0 Å². The standard InChI is InChI=1S/C12H13NO3/c1-2-8-5-3-4-6-9(8)11-7-10(12(14)15)13-16-11/h3-6,11H,2,7H2,1H3,(H,14,15). The van der Waals surface area contributed by atoms with Crippen LogP contribution >= 0.6 is 0 Å². The molecule has 0 radical (unpaired) electrons. The van der Waals surface area contributed by atoms with Gasteiger partial charge in [-0.05, 0) is 17.5 Å². The van der Waals surface area contributed by atoms with Crippen molar-refractivity contribution in [2.24, 2.45) is 5.16 Å². The molecule has 0 saturated heterocycles. The van der Waals surface area contributed by atoms with Crippen LogP contribution in [0.1, 0.15) is 30.6 Å². The molecule has 84 valence electrons. The van der Waals surface area contributed by atoms with E-state index in [9.17, 15) is 4.79 Å². The predicted octanol–water partition coefficient (Wildman–Crippen LogP) is 2.15. The van der Waals surface area contributed by atoms with E-state index in [-0.39, 0.29) is 11.8 Å². The minimum atomic E-state index is -1.00. The number of nitrogens with zero attached hydrogens (tertiary/aromatic N) is 1. The number of carboxylic acid groups (broad SMARTS) is 1. The molecule has 0 spiro atoms. The first kappa shape index (κ1) is 10.7. The van der Waals surface area contributed by atoms with Crippen LogP contribution in [0.5, 0.6) is 0 Å². The second-order valence-electron chi connectivity index (χ2n) is 3.69. The number of oxime groups is 1. The molecule has 2 rings (SSSR count). The molecule has 1 N–H and O–H groups in total. The Hall–Kier alpha value is -1.84. The number of rotatable bonds is 3. The molecule has 0 aromatic heterocycles. The van der Waals surface area contributed by atoms with Gasteiger partial charge in [0, 0.05) is 6.42 Å². The number of benzene rings is 1. The van der Waals surface area contributed by atoms with Crippen LogP contribution in [-0.2, 0) is 16.1 Å². The SMILES string of the molecule is CCc1ccccc1C1CC(C(=O)O)=NO1. The van der Waals surface area contributed by atoms with Crippen molar-refractivity contribution in [3.63, 3.8) is 0 Å². The van der Waals surface area contributed by atoms with Crippen LogP contribution in [0.2, 0.25) is 0 Å². The van der Waals surface area contributed by atoms with Crippen molar-refractivity contribution in [3.05, 3.63) is 35.4 Å². The lowest BCUT2D eigenvalue weighted by Crippen LogP contribution is -2.11. The molecule has 1 heterocycles. The Labute approximate surface area is 93.5 Å². The average molecular weight is 219 g/mol. The maximum absolute atomic E-state index is 10.7. The average Bonchev–Trinajstić information content (AvgIpc) is 2.78. The minimum Gasteiger partial charge on any atom is -0.477 e. The molecule has 0 amide bonds. The van der Waals surface area contributed by atoms with E-state index in [2.05, 4.69) is 12.1 Å². The lowest BCUT2D eigenvalue weighted by molar-refractivity contribution is -0.129. The third kappa shape index (κ3) is 1.91. The zero-order chi connectivity index (χ0) is 11.5. The molecule has 16 heavy (non-hydrogen) atoms. The lowest BCUT2D eigenvalue weighted by Gasteiger charge is -2.12. The Balaban J connectivity index is 2.19. The molecule has 0 saturated carbocycles. The largest absolute Gasteiger partial charge is 0.477 e. The van der Waals surface area contributed by atoms with Crippen LogP contribution in [0.3, 0.4) is 0 Å². The molecular weight excluding hydrogens is 206 g/mol. The third-order valence-corrected chi connectivity index (χ3v) is 2.70. The summed E-state index contributed by atoms with van der Waals surface area (Å²) in [6.07, 6.45) is 0.993. The summed E-state index contributed by atoms with van der Waals surface area (Å²) in [5.41, 5.74) is 2.30. The summed E-state index contributed by atoms with van der Waals surface area (Å²) in [5, 5.41) is 12.4. The molecule has 1 aromatic carbocycles. The highest BCUT2D eigenvalue weighted by atomic mass is 16.6. The van der Waals surface area contributed by atoms with Gasteiger partial charge in [-0.2, -0.15) is 0 Å². The number of aryl methyl sites for hydroxylation is 1. The monoisotopic (exact) mass is 219 g/mol. The highest BCUT2D eigenvalue weighted by Gasteiger charge is 2.28. The van der Waals surface area contributed by atoms with Gasteiger partial charge in [0.25, 0.3) is 0 Å². The van der Waals surface area contributed by atoms with Gasteiger partial charge in [-0.25, -0.2) is 4.79 Å². The van der Waals surface area contributed by atoms with Gasteiger partial charge in [0.05, 0.1) is 0 Å². The second-order valence-corrected chi connectivity index (χ2v) is 3.69. The molecular formula is C12H13NO3. The topological polar surface area (TPSA) is 58.9 Å². The van der Waals surface area contributed by atoms with Gasteiger partial charge in [0.15, 0.2) is 11.8 Å². The fourth-order valence-corrected chi connectivity index (χ4v) is 1.84. The Kier molecular flexibility index (Phi) is 2.90. The lowest BCUT2D eigenvalue weighted by atomic mass is 9.97. The highest BCUT2D eigenvalue weighted by Crippen LogP contribution is 2.29. The Bertz CT molecular complexity index is 440. The summed E-state index contributed by atoms with van der Waals surface area (Å²) in [7, 11) is 0.